The van der Waals surface area contributed by atoms with Crippen molar-refractivity contribution in [1.82, 2.24) is 0 Å². The van der Waals surface area contributed by atoms with Crippen molar-refractivity contribution in [2.24, 2.45) is 0 Å². The summed E-state index contributed by atoms with van der Waals surface area (Å²) in [4.78, 5) is 0. The molecule has 3 aromatic rings. The Bertz CT molecular complexity index is 561. The summed E-state index contributed by atoms with van der Waals surface area (Å²) >= 11 is 0. The lowest BCUT2D eigenvalue weighted by Gasteiger charge is -2.11. The lowest BCUT2D eigenvalue weighted by Crippen LogP contribution is -1.87. The highest BCUT2D eigenvalue weighted by Crippen LogP contribution is 2.31. The molecule has 0 radical (unpaired) electrons. The molecule has 0 spiro atoms. The topological polar surface area (TPSA) is 0 Å². The monoisotopic (exact) mass is 266 g/mol. The van der Waals surface area contributed by atoms with Crippen LogP contribution in [0.25, 0.3) is 21.5 Å². The summed E-state index contributed by atoms with van der Waals surface area (Å²) in [5.74, 6) is 0. The van der Waals surface area contributed by atoms with Crippen LogP contribution in [-0.4, -0.2) is 0 Å². The first-order valence-corrected chi connectivity index (χ1v) is 7.65. The maximum absolute atomic E-state index is 2.21. The van der Waals surface area contributed by atoms with Gasteiger partial charge in [0.2, 0.25) is 0 Å². The van der Waals surface area contributed by atoms with Gasteiger partial charge in [-0.2, -0.15) is 0 Å². The Morgan fingerprint density at radius 2 is 0.650 bits per heavy atom. The summed E-state index contributed by atoms with van der Waals surface area (Å²) in [7, 11) is 0. The highest BCUT2D eigenvalue weighted by atomic mass is 14.1. The maximum atomic E-state index is 2.21. The minimum absolute atomic E-state index is 1.37. The van der Waals surface area contributed by atoms with Crippen LogP contribution < -0.4 is 0 Å². The lowest BCUT2D eigenvalue weighted by molar-refractivity contribution is 1.50. The van der Waals surface area contributed by atoms with Crippen LogP contribution in [0.5, 0.6) is 0 Å². The van der Waals surface area contributed by atoms with Gasteiger partial charge in [0.05, 0.1) is 0 Å². The normalized spacial score (nSPS) is 9.50. The van der Waals surface area contributed by atoms with E-state index < -0.39 is 0 Å². The number of hydrogen-bond acceptors (Lipinski definition) is 0. The first kappa shape index (κ1) is 16.2. The molecule has 0 heteroatoms. The van der Waals surface area contributed by atoms with Crippen molar-refractivity contribution in [3.05, 3.63) is 59.7 Å². The van der Waals surface area contributed by atoms with Gasteiger partial charge in [0.25, 0.3) is 0 Å². The second-order valence-electron chi connectivity index (χ2n) is 4.34. The summed E-state index contributed by atoms with van der Waals surface area (Å²) in [5.41, 5.74) is 2.77. The van der Waals surface area contributed by atoms with Crippen molar-refractivity contribution in [2.45, 2.75) is 41.5 Å². The van der Waals surface area contributed by atoms with E-state index in [2.05, 4.69) is 62.4 Å². The van der Waals surface area contributed by atoms with Crippen molar-refractivity contribution in [3.63, 3.8) is 0 Å². The molecule has 0 aliphatic rings. The minimum atomic E-state index is 1.37. The third-order valence-corrected chi connectivity index (χ3v) is 3.47. The highest BCUT2D eigenvalue weighted by Gasteiger charge is 2.06. The van der Waals surface area contributed by atoms with Crippen LogP contribution in [0.15, 0.2) is 48.5 Å². The number of hydrogen-bond donors (Lipinski definition) is 0. The predicted molar refractivity (Wildman–Crippen MR) is 93.6 cm³/mol. The zero-order chi connectivity index (χ0) is 15.1. The van der Waals surface area contributed by atoms with Crippen molar-refractivity contribution in [2.75, 3.05) is 0 Å². The van der Waals surface area contributed by atoms with Gasteiger partial charge in [-0.25, -0.2) is 0 Å². The van der Waals surface area contributed by atoms with E-state index >= 15 is 0 Å². The predicted octanol–water partition coefficient (Wildman–Crippen LogP) is 6.66. The van der Waals surface area contributed by atoms with Crippen LogP contribution >= 0.6 is 0 Å². The molecule has 0 amide bonds. The Hall–Kier alpha value is -1.82. The molecule has 0 aliphatic heterocycles. The van der Waals surface area contributed by atoms with E-state index in [1.54, 1.807) is 0 Å². The van der Waals surface area contributed by atoms with Gasteiger partial charge in [0.15, 0.2) is 0 Å². The summed E-state index contributed by atoms with van der Waals surface area (Å²) in [6, 6.07) is 17.3. The number of aryl methyl sites for hydroxylation is 2. The zero-order valence-corrected chi connectivity index (χ0v) is 13.6. The minimum Gasteiger partial charge on any atom is -0.0683 e. The van der Waals surface area contributed by atoms with Crippen LogP contribution in [0, 0.1) is 13.8 Å². The largest absolute Gasteiger partial charge is 0.0683 e. The Balaban J connectivity index is 0.000000461. The van der Waals surface area contributed by atoms with E-state index in [1.807, 2.05) is 27.7 Å². The molecule has 0 fully saturated rings. The number of benzene rings is 3. The molecule has 0 aromatic heterocycles. The van der Waals surface area contributed by atoms with Gasteiger partial charge in [-0.05, 0) is 46.5 Å². The van der Waals surface area contributed by atoms with E-state index in [0.29, 0.717) is 0 Å². The molecule has 0 atom stereocenters. The van der Waals surface area contributed by atoms with Crippen LogP contribution in [-0.2, 0) is 0 Å². The molecule has 0 nitrogen and oxygen atoms in total. The summed E-state index contributed by atoms with van der Waals surface area (Å²) in [6.45, 7) is 12.4. The second kappa shape index (κ2) is 7.69. The molecule has 3 rings (SSSR count). The third kappa shape index (κ3) is 2.85. The molecule has 0 saturated heterocycles. The molecule has 0 bridgehead atoms. The molecule has 3 aromatic carbocycles. The van der Waals surface area contributed by atoms with E-state index in [4.69, 9.17) is 0 Å². The van der Waals surface area contributed by atoms with Gasteiger partial charge in [0, 0.05) is 0 Å². The van der Waals surface area contributed by atoms with Gasteiger partial charge in [-0.15, -0.1) is 0 Å². The van der Waals surface area contributed by atoms with Crippen LogP contribution in [0.1, 0.15) is 38.8 Å². The number of fused-ring (bicyclic) bond motifs is 2. The van der Waals surface area contributed by atoms with E-state index in [0.717, 1.165) is 0 Å². The molecular weight excluding hydrogens is 240 g/mol. The standard InChI is InChI=1S/C16H14.2C2H6/c1-11-13-7-3-5-9-15(13)12(2)16-10-6-4-8-14(11)16;2*1-2/h3-10H,1-2H3;2*1-2H3. The van der Waals surface area contributed by atoms with Crippen molar-refractivity contribution < 1.29 is 0 Å². The Kier molecular flexibility index (Phi) is 6.24. The summed E-state index contributed by atoms with van der Waals surface area (Å²) in [6.07, 6.45) is 0. The summed E-state index contributed by atoms with van der Waals surface area (Å²) in [5, 5.41) is 5.50. The molecule has 20 heavy (non-hydrogen) atoms. The van der Waals surface area contributed by atoms with Crippen molar-refractivity contribution in [3.8, 4) is 0 Å². The zero-order valence-electron chi connectivity index (χ0n) is 13.6. The Morgan fingerprint density at radius 3 is 0.850 bits per heavy atom. The van der Waals surface area contributed by atoms with Gasteiger partial charge in [-0.1, -0.05) is 76.2 Å². The third-order valence-electron chi connectivity index (χ3n) is 3.47. The average molecular weight is 266 g/mol. The fourth-order valence-electron chi connectivity index (χ4n) is 2.56. The van der Waals surface area contributed by atoms with Crippen molar-refractivity contribution >= 4 is 21.5 Å². The van der Waals surface area contributed by atoms with E-state index in [-0.39, 0.29) is 0 Å². The van der Waals surface area contributed by atoms with Gasteiger partial charge >= 0.3 is 0 Å². The van der Waals surface area contributed by atoms with Crippen LogP contribution in [0.3, 0.4) is 0 Å². The molecule has 0 unspecified atom stereocenters. The first-order valence-electron chi connectivity index (χ1n) is 7.65. The molecule has 0 N–H and O–H groups in total. The first-order chi connectivity index (χ1) is 9.79. The maximum Gasteiger partial charge on any atom is -0.0146 e. The summed E-state index contributed by atoms with van der Waals surface area (Å²) < 4.78 is 0. The van der Waals surface area contributed by atoms with E-state index in [9.17, 15) is 0 Å². The highest BCUT2D eigenvalue weighted by molar-refractivity contribution is 6.05. The van der Waals surface area contributed by atoms with Crippen LogP contribution in [0.2, 0.25) is 0 Å². The molecule has 106 valence electrons. The number of rotatable bonds is 0. The van der Waals surface area contributed by atoms with Crippen molar-refractivity contribution in [1.29, 1.82) is 0 Å². The lowest BCUT2D eigenvalue weighted by atomic mass is 9.93. The average Bonchev–Trinajstić information content (AvgIpc) is 2.56. The van der Waals surface area contributed by atoms with Crippen LogP contribution in [0.4, 0.5) is 0 Å². The molecule has 0 saturated carbocycles. The molecule has 0 aliphatic carbocycles. The quantitative estimate of drug-likeness (QED) is 0.399. The molecule has 0 heterocycles. The smallest absolute Gasteiger partial charge is 0.0146 e. The SMILES string of the molecule is CC.CC.Cc1c2ccccc2c(C)c2ccccc12. The second-order valence-corrected chi connectivity index (χ2v) is 4.34. The van der Waals surface area contributed by atoms with Gasteiger partial charge in [0.1, 0.15) is 0 Å². The molecular formula is C20H26. The fourth-order valence-corrected chi connectivity index (χ4v) is 2.56. The Labute approximate surface area is 123 Å². The fraction of sp³-hybridized carbons (Fsp3) is 0.300. The van der Waals surface area contributed by atoms with Gasteiger partial charge < -0.3 is 0 Å². The van der Waals surface area contributed by atoms with E-state index in [1.165, 1.54) is 32.7 Å². The Morgan fingerprint density at radius 1 is 0.450 bits per heavy atom. The van der Waals surface area contributed by atoms with Gasteiger partial charge in [-0.3, -0.25) is 0 Å².